The van der Waals surface area contributed by atoms with Crippen LogP contribution < -0.4 is 0 Å². The molecule has 0 bridgehead atoms. The molecule has 0 aliphatic carbocycles. The number of furan rings is 3. The zero-order valence-corrected chi connectivity index (χ0v) is 30.4. The van der Waals surface area contributed by atoms with Crippen molar-refractivity contribution in [1.29, 1.82) is 0 Å². The summed E-state index contributed by atoms with van der Waals surface area (Å²) in [4.78, 5) is 9.52. The molecule has 0 unspecified atom stereocenters. The van der Waals surface area contributed by atoms with E-state index in [1.807, 2.05) is 30.3 Å². The van der Waals surface area contributed by atoms with Crippen LogP contribution >= 0.6 is 0 Å². The number of hydrogen-bond donors (Lipinski definition) is 0. The van der Waals surface area contributed by atoms with Crippen LogP contribution in [0.5, 0.6) is 0 Å². The van der Waals surface area contributed by atoms with Gasteiger partial charge in [-0.2, -0.15) is 0 Å². The van der Waals surface area contributed by atoms with E-state index in [-0.39, 0.29) is 0 Å². The van der Waals surface area contributed by atoms with Gasteiger partial charge in [-0.15, -0.1) is 0 Å². The SMILES string of the molecule is c1cc(-c2cccc(-c3ncnc4c3oc3ccc(-c5cccc(-c6cccc7c6oc6ccccc67)c5)cc34)c2)cc(-c2cccc3c2oc2ccccc23)c1. The lowest BCUT2D eigenvalue weighted by Gasteiger charge is -2.09. The summed E-state index contributed by atoms with van der Waals surface area (Å²) >= 11 is 0. The summed E-state index contributed by atoms with van der Waals surface area (Å²) in [5, 5.41) is 5.42. The Labute approximate surface area is 326 Å². The van der Waals surface area contributed by atoms with Crippen molar-refractivity contribution in [2.24, 2.45) is 0 Å². The summed E-state index contributed by atoms with van der Waals surface area (Å²) < 4.78 is 19.3. The third kappa shape index (κ3) is 5.03. The zero-order chi connectivity index (χ0) is 37.5. The first-order chi connectivity index (χ1) is 28.2. The van der Waals surface area contributed by atoms with Gasteiger partial charge in [-0.25, -0.2) is 9.97 Å². The molecule has 4 heterocycles. The number of aromatic nitrogens is 2. The van der Waals surface area contributed by atoms with Crippen molar-refractivity contribution in [1.82, 2.24) is 9.97 Å². The lowest BCUT2D eigenvalue weighted by atomic mass is 9.96. The van der Waals surface area contributed by atoms with E-state index < -0.39 is 0 Å². The monoisotopic (exact) mass is 730 g/mol. The maximum atomic E-state index is 6.54. The van der Waals surface area contributed by atoms with Crippen molar-refractivity contribution in [3.8, 4) is 55.8 Å². The summed E-state index contributed by atoms with van der Waals surface area (Å²) in [6.07, 6.45) is 1.63. The molecule has 0 radical (unpaired) electrons. The van der Waals surface area contributed by atoms with Crippen LogP contribution in [-0.2, 0) is 0 Å². The van der Waals surface area contributed by atoms with Crippen molar-refractivity contribution in [3.05, 3.63) is 182 Å². The number of benzene rings is 8. The molecule has 12 aromatic rings. The van der Waals surface area contributed by atoms with Crippen LogP contribution in [0.2, 0.25) is 0 Å². The van der Waals surface area contributed by atoms with Crippen molar-refractivity contribution in [3.63, 3.8) is 0 Å². The molecule has 0 saturated carbocycles. The predicted octanol–water partition coefficient (Wildman–Crippen LogP) is 14.5. The molecule has 5 heteroatoms. The average molecular weight is 731 g/mol. The highest BCUT2D eigenvalue weighted by atomic mass is 16.3. The van der Waals surface area contributed by atoms with Gasteiger partial charge >= 0.3 is 0 Å². The fraction of sp³-hybridized carbons (Fsp3) is 0. The van der Waals surface area contributed by atoms with Crippen LogP contribution in [0.15, 0.2) is 196 Å². The maximum absolute atomic E-state index is 6.54. The van der Waals surface area contributed by atoms with Crippen molar-refractivity contribution >= 4 is 65.9 Å². The van der Waals surface area contributed by atoms with Crippen LogP contribution in [0.1, 0.15) is 0 Å². The maximum Gasteiger partial charge on any atom is 0.180 e. The molecule has 0 atom stereocenters. The summed E-state index contributed by atoms with van der Waals surface area (Å²) in [5.41, 5.74) is 16.2. The molecule has 266 valence electrons. The van der Waals surface area contributed by atoms with Gasteiger partial charge in [-0.1, -0.05) is 133 Å². The first-order valence-corrected chi connectivity index (χ1v) is 19.0. The predicted molar refractivity (Wildman–Crippen MR) is 231 cm³/mol. The van der Waals surface area contributed by atoms with Gasteiger partial charge < -0.3 is 13.3 Å². The second-order valence-corrected chi connectivity index (χ2v) is 14.5. The lowest BCUT2D eigenvalue weighted by Crippen LogP contribution is -1.88. The van der Waals surface area contributed by atoms with Crippen molar-refractivity contribution in [2.75, 3.05) is 0 Å². The van der Waals surface area contributed by atoms with Gasteiger partial charge in [0.25, 0.3) is 0 Å². The molecule has 8 aromatic carbocycles. The van der Waals surface area contributed by atoms with Gasteiger partial charge in [0.2, 0.25) is 0 Å². The molecule has 12 rings (SSSR count). The minimum Gasteiger partial charge on any atom is -0.455 e. The summed E-state index contributed by atoms with van der Waals surface area (Å²) in [7, 11) is 0. The molecule has 0 amide bonds. The van der Waals surface area contributed by atoms with Gasteiger partial charge in [0, 0.05) is 43.6 Å². The molecule has 0 aliphatic rings. The number of rotatable bonds is 5. The smallest absolute Gasteiger partial charge is 0.180 e. The Morgan fingerprint density at radius 1 is 0.298 bits per heavy atom. The number of nitrogens with zero attached hydrogens (tertiary/aromatic N) is 2. The van der Waals surface area contributed by atoms with E-state index in [9.17, 15) is 0 Å². The molecular weight excluding hydrogens is 701 g/mol. The molecule has 57 heavy (non-hydrogen) atoms. The summed E-state index contributed by atoms with van der Waals surface area (Å²) in [6, 6.07) is 61.1. The highest BCUT2D eigenvalue weighted by Crippen LogP contribution is 2.41. The Bertz CT molecular complexity index is 3550. The van der Waals surface area contributed by atoms with Gasteiger partial charge in [-0.3, -0.25) is 0 Å². The summed E-state index contributed by atoms with van der Waals surface area (Å²) in [5.74, 6) is 0. The van der Waals surface area contributed by atoms with E-state index >= 15 is 0 Å². The number of fused-ring (bicyclic) bond motifs is 9. The minimum absolute atomic E-state index is 0.664. The molecule has 5 nitrogen and oxygen atoms in total. The normalized spacial score (nSPS) is 11.9. The van der Waals surface area contributed by atoms with Crippen LogP contribution in [0, 0.1) is 0 Å². The minimum atomic E-state index is 0.664. The van der Waals surface area contributed by atoms with Gasteiger partial charge in [-0.05, 0) is 75.8 Å². The molecule has 4 aromatic heterocycles. The largest absolute Gasteiger partial charge is 0.455 e. The number of para-hydroxylation sites is 4. The zero-order valence-electron chi connectivity index (χ0n) is 30.4. The highest BCUT2D eigenvalue weighted by Gasteiger charge is 2.18. The lowest BCUT2D eigenvalue weighted by molar-refractivity contribution is 0.667. The first-order valence-electron chi connectivity index (χ1n) is 19.0. The molecule has 0 spiro atoms. The third-order valence-electron chi connectivity index (χ3n) is 11.2. The molecule has 0 fully saturated rings. The Morgan fingerprint density at radius 2 is 0.754 bits per heavy atom. The van der Waals surface area contributed by atoms with Crippen LogP contribution in [0.4, 0.5) is 0 Å². The Balaban J connectivity index is 0.911. The van der Waals surface area contributed by atoms with E-state index in [2.05, 4.69) is 146 Å². The Kier molecular flexibility index (Phi) is 6.86. The van der Waals surface area contributed by atoms with Gasteiger partial charge in [0.05, 0.1) is 0 Å². The van der Waals surface area contributed by atoms with E-state index in [0.29, 0.717) is 5.58 Å². The fourth-order valence-corrected chi connectivity index (χ4v) is 8.49. The molecule has 0 N–H and O–H groups in total. The molecule has 0 aliphatic heterocycles. The third-order valence-corrected chi connectivity index (χ3v) is 11.2. The Hall–Kier alpha value is -7.76. The second-order valence-electron chi connectivity index (χ2n) is 14.5. The topological polar surface area (TPSA) is 65.2 Å². The number of hydrogen-bond acceptors (Lipinski definition) is 5. The van der Waals surface area contributed by atoms with Crippen LogP contribution in [-0.4, -0.2) is 9.97 Å². The van der Waals surface area contributed by atoms with E-state index in [1.165, 1.54) is 0 Å². The van der Waals surface area contributed by atoms with Gasteiger partial charge in [0.15, 0.2) is 5.58 Å². The van der Waals surface area contributed by atoms with E-state index in [1.54, 1.807) is 6.33 Å². The van der Waals surface area contributed by atoms with Crippen LogP contribution in [0.25, 0.3) is 122 Å². The summed E-state index contributed by atoms with van der Waals surface area (Å²) in [6.45, 7) is 0. The van der Waals surface area contributed by atoms with Crippen LogP contribution in [0.3, 0.4) is 0 Å². The highest BCUT2D eigenvalue weighted by molar-refractivity contribution is 6.11. The van der Waals surface area contributed by atoms with E-state index in [0.717, 1.165) is 116 Å². The molecule has 0 saturated heterocycles. The van der Waals surface area contributed by atoms with E-state index in [4.69, 9.17) is 23.2 Å². The fourth-order valence-electron chi connectivity index (χ4n) is 8.49. The first kappa shape index (κ1) is 31.6. The average Bonchev–Trinajstić information content (AvgIpc) is 3.98. The standard InChI is InChI=1S/C52H30N2O3/c1-3-22-45-40(16-1)42-20-8-18-38(50(42)55-45)35-13-5-10-31(26-35)33-12-7-15-37(28-33)48-52-49(54-30-53-48)44-29-34(24-25-47(44)57-52)32-11-6-14-36(27-32)39-19-9-21-43-41-17-2-4-23-46(41)56-51(39)43/h1-30H. The van der Waals surface area contributed by atoms with Gasteiger partial charge in [0.1, 0.15) is 45.5 Å². The van der Waals surface area contributed by atoms with Crippen molar-refractivity contribution < 1.29 is 13.3 Å². The van der Waals surface area contributed by atoms with Crippen molar-refractivity contribution in [2.45, 2.75) is 0 Å². The Morgan fingerprint density at radius 3 is 1.37 bits per heavy atom. The molecular formula is C52H30N2O3. The second kappa shape index (κ2) is 12.4. The quantitative estimate of drug-likeness (QED) is 0.176.